The first kappa shape index (κ1) is 15.2. The van der Waals surface area contributed by atoms with Crippen molar-refractivity contribution in [2.24, 2.45) is 3.77 Å². The number of aryl methyl sites for hydroxylation is 1. The fourth-order valence-corrected chi connectivity index (χ4v) is 4.77. The Balaban J connectivity index is 2.40. The molecule has 0 radical (unpaired) electrons. The number of hydrogen-bond donors (Lipinski definition) is 0. The van der Waals surface area contributed by atoms with E-state index in [4.69, 9.17) is 11.6 Å². The Labute approximate surface area is 126 Å². The van der Waals surface area contributed by atoms with Crippen molar-refractivity contribution in [3.63, 3.8) is 0 Å². The van der Waals surface area contributed by atoms with Crippen LogP contribution in [0, 0.1) is 6.92 Å². The molecule has 0 amide bonds. The van der Waals surface area contributed by atoms with Crippen LogP contribution in [0.2, 0.25) is 5.02 Å². The van der Waals surface area contributed by atoms with Gasteiger partial charge in [0.1, 0.15) is 0 Å². The second-order valence-corrected chi connectivity index (χ2v) is 8.18. The minimum atomic E-state index is -3.64. The van der Waals surface area contributed by atoms with Gasteiger partial charge in [0, 0.05) is 9.92 Å². The van der Waals surface area contributed by atoms with Crippen LogP contribution in [0.1, 0.15) is 5.56 Å². The van der Waals surface area contributed by atoms with Crippen molar-refractivity contribution in [1.29, 1.82) is 0 Å². The lowest BCUT2D eigenvalue weighted by atomic mass is 10.2. The van der Waals surface area contributed by atoms with Crippen molar-refractivity contribution in [3.05, 3.63) is 59.1 Å². The fourth-order valence-electron chi connectivity index (χ4n) is 1.59. The second kappa shape index (κ2) is 6.08. The van der Waals surface area contributed by atoms with Crippen molar-refractivity contribution >= 4 is 32.3 Å². The average Bonchev–Trinajstić information content (AvgIpc) is 2.38. The molecule has 2 aromatic rings. The quantitative estimate of drug-likeness (QED) is 0.860. The summed E-state index contributed by atoms with van der Waals surface area (Å²) in [6.45, 7) is 1.91. The molecule has 2 rings (SSSR count). The monoisotopic (exact) mass is 327 g/mol. The Hall–Kier alpha value is -1.17. The van der Waals surface area contributed by atoms with Gasteiger partial charge in [-0.25, -0.2) is 0 Å². The highest BCUT2D eigenvalue weighted by Gasteiger charge is 2.13. The molecule has 0 aliphatic carbocycles. The van der Waals surface area contributed by atoms with Gasteiger partial charge in [0.2, 0.25) is 0 Å². The largest absolute Gasteiger partial charge is 0.288 e. The third kappa shape index (κ3) is 3.69. The van der Waals surface area contributed by atoms with Crippen LogP contribution < -0.4 is 0 Å². The second-order valence-electron chi connectivity index (χ2n) is 4.30. The van der Waals surface area contributed by atoms with Gasteiger partial charge in [0.15, 0.2) is 0 Å². The van der Waals surface area contributed by atoms with Crippen LogP contribution in [-0.4, -0.2) is 14.7 Å². The third-order valence-corrected chi connectivity index (χ3v) is 6.38. The summed E-state index contributed by atoms with van der Waals surface area (Å²) in [5, 5.41) is 0.574. The molecule has 6 heteroatoms. The summed E-state index contributed by atoms with van der Waals surface area (Å²) in [6.07, 6.45) is 1.76. The van der Waals surface area contributed by atoms with E-state index in [9.17, 15) is 8.42 Å². The van der Waals surface area contributed by atoms with Crippen LogP contribution in [0.4, 0.5) is 0 Å². The molecule has 0 N–H and O–H groups in total. The predicted molar refractivity (Wildman–Crippen MR) is 83.8 cm³/mol. The summed E-state index contributed by atoms with van der Waals surface area (Å²) >= 11 is 5.91. The van der Waals surface area contributed by atoms with Gasteiger partial charge in [0.05, 0.1) is 4.90 Å². The zero-order valence-electron chi connectivity index (χ0n) is 11.1. The summed E-state index contributed by atoms with van der Waals surface area (Å²) in [4.78, 5) is 1.01. The van der Waals surface area contributed by atoms with E-state index in [1.165, 1.54) is 0 Å². The molecule has 20 heavy (non-hydrogen) atoms. The first-order valence-electron chi connectivity index (χ1n) is 5.85. The van der Waals surface area contributed by atoms with Crippen LogP contribution in [-0.2, 0) is 20.7 Å². The Morgan fingerprint density at radius 3 is 2.35 bits per heavy atom. The highest BCUT2D eigenvalue weighted by atomic mass is 35.5. The molecule has 0 aromatic heterocycles. The maximum atomic E-state index is 12.2. The summed E-state index contributed by atoms with van der Waals surface area (Å²) in [5.74, 6) is 0. The van der Waals surface area contributed by atoms with E-state index < -0.39 is 20.7 Å². The summed E-state index contributed by atoms with van der Waals surface area (Å²) < 4.78 is 28.4. The van der Waals surface area contributed by atoms with E-state index in [1.807, 2.05) is 13.0 Å². The number of benzene rings is 2. The molecule has 1 atom stereocenters. The van der Waals surface area contributed by atoms with E-state index in [-0.39, 0.29) is 4.90 Å². The number of hydrogen-bond acceptors (Lipinski definition) is 2. The number of halogens is 1. The normalized spacial score (nSPS) is 13.3. The van der Waals surface area contributed by atoms with Gasteiger partial charge in [-0.2, -0.15) is 8.42 Å². The molecule has 0 saturated heterocycles. The van der Waals surface area contributed by atoms with Crippen molar-refractivity contribution in [1.82, 2.24) is 0 Å². The molecule has 0 fully saturated rings. The Morgan fingerprint density at radius 2 is 1.75 bits per heavy atom. The fraction of sp³-hybridized carbons (Fsp3) is 0.143. The molecule has 3 nitrogen and oxygen atoms in total. The van der Waals surface area contributed by atoms with Gasteiger partial charge in [-0.1, -0.05) is 46.1 Å². The van der Waals surface area contributed by atoms with E-state index in [0.717, 1.165) is 10.5 Å². The summed E-state index contributed by atoms with van der Waals surface area (Å²) in [7, 11) is -4.41. The lowest BCUT2D eigenvalue weighted by Gasteiger charge is -2.04. The average molecular weight is 328 g/mol. The Bertz CT molecular complexity index is 753. The van der Waals surface area contributed by atoms with E-state index >= 15 is 0 Å². The van der Waals surface area contributed by atoms with Crippen molar-refractivity contribution in [3.8, 4) is 0 Å². The molecule has 0 aliphatic rings. The summed E-state index contributed by atoms with van der Waals surface area (Å²) in [5.41, 5.74) is 1.01. The Kier molecular flexibility index (Phi) is 4.62. The first-order chi connectivity index (χ1) is 9.38. The molecule has 0 saturated carbocycles. The molecule has 0 unspecified atom stereocenters. The molecule has 0 aliphatic heterocycles. The van der Waals surface area contributed by atoms with Crippen LogP contribution in [0.5, 0.6) is 0 Å². The zero-order chi connectivity index (χ0) is 14.8. The van der Waals surface area contributed by atoms with Crippen LogP contribution in [0.3, 0.4) is 0 Å². The number of nitrogens with zero attached hydrogens (tertiary/aromatic N) is 1. The molecule has 2 aromatic carbocycles. The molecule has 0 bridgehead atoms. The van der Waals surface area contributed by atoms with Crippen LogP contribution in [0.25, 0.3) is 0 Å². The van der Waals surface area contributed by atoms with Crippen LogP contribution >= 0.6 is 11.6 Å². The SMILES string of the molecule is Cc1ccc(S(=O)(=O)N=[S@](C)c2cccc(Cl)c2)cc1. The standard InChI is InChI=1S/C14H14ClNO2S2/c1-11-6-8-14(9-7-11)20(17,18)16-19(2)13-5-3-4-12(15)10-13/h3-10H,1-2H3/t19-/m1/s1. The van der Waals surface area contributed by atoms with Crippen molar-refractivity contribution in [2.75, 3.05) is 6.26 Å². The Morgan fingerprint density at radius 1 is 1.10 bits per heavy atom. The highest BCUT2D eigenvalue weighted by molar-refractivity contribution is 7.99. The predicted octanol–water partition coefficient (Wildman–Crippen LogP) is 3.83. The van der Waals surface area contributed by atoms with Gasteiger partial charge in [-0.05, 0) is 43.5 Å². The maximum absolute atomic E-state index is 12.2. The smallest absolute Gasteiger partial charge is 0.199 e. The molecular formula is C14H14ClNO2S2. The van der Waals surface area contributed by atoms with Crippen LogP contribution in [0.15, 0.2) is 62.1 Å². The maximum Gasteiger partial charge on any atom is 0.288 e. The summed E-state index contributed by atoms with van der Waals surface area (Å²) in [6, 6.07) is 13.8. The third-order valence-electron chi connectivity index (χ3n) is 2.67. The van der Waals surface area contributed by atoms with E-state index in [1.54, 1.807) is 48.7 Å². The molecule has 106 valence electrons. The first-order valence-corrected chi connectivity index (χ1v) is 9.25. The molecular weight excluding hydrogens is 314 g/mol. The van der Waals surface area contributed by atoms with Crippen molar-refractivity contribution < 1.29 is 8.42 Å². The highest BCUT2D eigenvalue weighted by Crippen LogP contribution is 2.18. The van der Waals surface area contributed by atoms with Crippen molar-refractivity contribution in [2.45, 2.75) is 16.7 Å². The minimum absolute atomic E-state index is 0.212. The topological polar surface area (TPSA) is 46.5 Å². The van der Waals surface area contributed by atoms with Gasteiger partial charge < -0.3 is 0 Å². The minimum Gasteiger partial charge on any atom is -0.199 e. The van der Waals surface area contributed by atoms with E-state index in [2.05, 4.69) is 3.77 Å². The zero-order valence-corrected chi connectivity index (χ0v) is 13.5. The van der Waals surface area contributed by atoms with Gasteiger partial charge >= 0.3 is 0 Å². The van der Waals surface area contributed by atoms with Gasteiger partial charge in [0.25, 0.3) is 10.0 Å². The molecule has 0 heterocycles. The van der Waals surface area contributed by atoms with Gasteiger partial charge in [-0.15, -0.1) is 3.77 Å². The molecule has 0 spiro atoms. The number of rotatable bonds is 3. The lowest BCUT2D eigenvalue weighted by Crippen LogP contribution is -2.00. The van der Waals surface area contributed by atoms with E-state index in [0.29, 0.717) is 5.02 Å². The van der Waals surface area contributed by atoms with Gasteiger partial charge in [-0.3, -0.25) is 0 Å². The number of sulfonamides is 1. The lowest BCUT2D eigenvalue weighted by molar-refractivity contribution is 0.598.